The average Bonchev–Trinajstić information content (AvgIpc) is 3.29. The second-order valence-corrected chi connectivity index (χ2v) is 12.8. The minimum atomic E-state index is -0.509. The Bertz CT molecular complexity index is 1670. The lowest BCUT2D eigenvalue weighted by atomic mass is 9.95. The van der Waals surface area contributed by atoms with E-state index in [0.29, 0.717) is 60.4 Å². The number of halogens is 2. The van der Waals surface area contributed by atoms with Crippen molar-refractivity contribution in [3.8, 4) is 0 Å². The second-order valence-electron chi connectivity index (χ2n) is 12.0. The number of aryl methyl sites for hydroxylation is 2. The predicted octanol–water partition coefficient (Wildman–Crippen LogP) is 6.53. The number of hydrogen-bond acceptors (Lipinski definition) is 5. The van der Waals surface area contributed by atoms with Crippen LogP contribution >= 0.6 is 23.2 Å². The van der Waals surface area contributed by atoms with E-state index in [0.717, 1.165) is 39.4 Å². The number of carbonyl (C=O) groups is 2. The highest BCUT2D eigenvalue weighted by Crippen LogP contribution is 2.33. The van der Waals surface area contributed by atoms with Gasteiger partial charge < -0.3 is 24.8 Å². The first kappa shape index (κ1) is 30.9. The van der Waals surface area contributed by atoms with Crippen LogP contribution in [0.5, 0.6) is 0 Å². The van der Waals surface area contributed by atoms with Crippen LogP contribution in [-0.4, -0.2) is 47.7 Å². The SMILES string of the molecule is Cc1ccc(NC(=O)c2cc3nc(Cc4c(Cl)ccc(CNC(=O)C(C)(C)C)c4Cl)n(C)c3cc2N2CCOCC2)cc1. The maximum absolute atomic E-state index is 13.6. The number of hydrogen-bond donors (Lipinski definition) is 2. The first-order chi connectivity index (χ1) is 20.4. The van der Waals surface area contributed by atoms with Crippen molar-refractivity contribution in [2.45, 2.75) is 40.7 Å². The number of fused-ring (bicyclic) bond motifs is 1. The molecule has 2 heterocycles. The largest absolute Gasteiger partial charge is 0.378 e. The Kier molecular flexibility index (Phi) is 9.02. The van der Waals surface area contributed by atoms with Crippen LogP contribution in [0.1, 0.15) is 53.6 Å². The van der Waals surface area contributed by atoms with Crippen LogP contribution in [-0.2, 0) is 29.5 Å². The summed E-state index contributed by atoms with van der Waals surface area (Å²) < 4.78 is 7.60. The number of ether oxygens (including phenoxy) is 1. The maximum atomic E-state index is 13.6. The number of morpholine rings is 1. The van der Waals surface area contributed by atoms with Gasteiger partial charge in [-0.15, -0.1) is 0 Å². The number of imidazole rings is 1. The summed E-state index contributed by atoms with van der Waals surface area (Å²) in [7, 11) is 1.95. The monoisotopic (exact) mass is 621 g/mol. The molecule has 0 atom stereocenters. The molecule has 1 saturated heterocycles. The third kappa shape index (κ3) is 6.82. The summed E-state index contributed by atoms with van der Waals surface area (Å²) in [5, 5.41) is 7.03. The van der Waals surface area contributed by atoms with E-state index in [1.807, 2.05) is 81.8 Å². The topological polar surface area (TPSA) is 88.5 Å². The molecule has 1 fully saturated rings. The van der Waals surface area contributed by atoms with Crippen LogP contribution in [0.3, 0.4) is 0 Å². The van der Waals surface area contributed by atoms with Crippen molar-refractivity contribution in [2.75, 3.05) is 36.5 Å². The smallest absolute Gasteiger partial charge is 0.257 e. The average molecular weight is 623 g/mol. The summed E-state index contributed by atoms with van der Waals surface area (Å²) in [4.78, 5) is 33.2. The van der Waals surface area contributed by atoms with E-state index >= 15 is 0 Å². The zero-order valence-corrected chi connectivity index (χ0v) is 26.7. The lowest BCUT2D eigenvalue weighted by Crippen LogP contribution is -2.37. The molecule has 0 spiro atoms. The van der Waals surface area contributed by atoms with Gasteiger partial charge in [-0.25, -0.2) is 4.98 Å². The van der Waals surface area contributed by atoms with Crippen molar-refractivity contribution in [3.63, 3.8) is 0 Å². The molecule has 0 saturated carbocycles. The Morgan fingerprint density at radius 1 is 1.02 bits per heavy atom. The molecule has 226 valence electrons. The molecule has 10 heteroatoms. The van der Waals surface area contributed by atoms with Crippen LogP contribution in [0.15, 0.2) is 48.5 Å². The fourth-order valence-electron chi connectivity index (χ4n) is 5.06. The highest BCUT2D eigenvalue weighted by Gasteiger charge is 2.24. The van der Waals surface area contributed by atoms with Crippen molar-refractivity contribution in [2.24, 2.45) is 12.5 Å². The Labute approximate surface area is 262 Å². The zero-order chi connectivity index (χ0) is 30.9. The van der Waals surface area contributed by atoms with E-state index in [1.54, 1.807) is 6.07 Å². The molecule has 2 N–H and O–H groups in total. The molecule has 0 bridgehead atoms. The highest BCUT2D eigenvalue weighted by molar-refractivity contribution is 6.36. The van der Waals surface area contributed by atoms with Crippen molar-refractivity contribution >= 4 is 57.4 Å². The molecule has 1 aliphatic rings. The molecule has 3 aromatic carbocycles. The lowest BCUT2D eigenvalue weighted by molar-refractivity contribution is -0.128. The normalized spacial score (nSPS) is 13.8. The molecule has 0 aliphatic carbocycles. The third-order valence-electron chi connectivity index (χ3n) is 7.72. The van der Waals surface area contributed by atoms with Crippen LogP contribution in [0.25, 0.3) is 11.0 Å². The molecular weight excluding hydrogens is 585 g/mol. The van der Waals surface area contributed by atoms with Crippen LogP contribution in [0, 0.1) is 12.3 Å². The van der Waals surface area contributed by atoms with Gasteiger partial charge in [0.15, 0.2) is 0 Å². The van der Waals surface area contributed by atoms with E-state index in [9.17, 15) is 9.59 Å². The third-order valence-corrected chi connectivity index (χ3v) is 8.54. The van der Waals surface area contributed by atoms with E-state index in [1.165, 1.54) is 0 Å². The number of amides is 2. The minimum absolute atomic E-state index is 0.0614. The maximum Gasteiger partial charge on any atom is 0.257 e. The molecule has 2 amide bonds. The molecule has 1 aliphatic heterocycles. The van der Waals surface area contributed by atoms with Crippen LogP contribution in [0.4, 0.5) is 11.4 Å². The van der Waals surface area contributed by atoms with E-state index in [-0.39, 0.29) is 11.8 Å². The van der Waals surface area contributed by atoms with Crippen LogP contribution < -0.4 is 15.5 Å². The van der Waals surface area contributed by atoms with E-state index in [4.69, 9.17) is 32.9 Å². The second kappa shape index (κ2) is 12.6. The standard InChI is InChI=1S/C33H37Cl2N5O3/c1-20-6-9-22(10-7-20)37-31(41)24-16-26-28(18-27(24)40-12-14-43-15-13-40)39(5)29(38-26)17-23-25(34)11-8-21(30(23)35)19-36-32(42)33(2,3)4/h6-11,16,18H,12-15,17,19H2,1-5H3,(H,36,42)(H,37,41). The summed E-state index contributed by atoms with van der Waals surface area (Å²) in [6, 6.07) is 15.3. The molecular formula is C33H37Cl2N5O3. The van der Waals surface area contributed by atoms with Gasteiger partial charge in [-0.2, -0.15) is 0 Å². The lowest BCUT2D eigenvalue weighted by Gasteiger charge is -2.30. The first-order valence-electron chi connectivity index (χ1n) is 14.4. The molecule has 8 nitrogen and oxygen atoms in total. The Morgan fingerprint density at radius 2 is 1.72 bits per heavy atom. The van der Waals surface area contributed by atoms with Crippen molar-refractivity contribution in [1.29, 1.82) is 0 Å². The highest BCUT2D eigenvalue weighted by atomic mass is 35.5. The van der Waals surface area contributed by atoms with Gasteiger partial charge in [-0.1, -0.05) is 67.7 Å². The van der Waals surface area contributed by atoms with Crippen molar-refractivity contribution in [1.82, 2.24) is 14.9 Å². The number of rotatable bonds is 7. The van der Waals surface area contributed by atoms with Gasteiger partial charge in [0.25, 0.3) is 5.91 Å². The van der Waals surface area contributed by atoms with Gasteiger partial charge >= 0.3 is 0 Å². The first-order valence-corrected chi connectivity index (χ1v) is 15.1. The quantitative estimate of drug-likeness (QED) is 0.245. The van der Waals surface area contributed by atoms with Crippen LogP contribution in [0.2, 0.25) is 10.0 Å². The predicted molar refractivity (Wildman–Crippen MR) is 173 cm³/mol. The fourth-order valence-corrected chi connectivity index (χ4v) is 5.63. The molecule has 0 unspecified atom stereocenters. The number of benzene rings is 3. The summed E-state index contributed by atoms with van der Waals surface area (Å²) in [6.45, 7) is 10.5. The van der Waals surface area contributed by atoms with Gasteiger partial charge in [0, 0.05) is 49.2 Å². The van der Waals surface area contributed by atoms with Crippen molar-refractivity contribution in [3.05, 3.63) is 86.7 Å². The summed E-state index contributed by atoms with van der Waals surface area (Å²) in [6.07, 6.45) is 0.377. The fraction of sp³-hybridized carbons (Fsp3) is 0.364. The Balaban J connectivity index is 1.49. The van der Waals surface area contributed by atoms with Crippen molar-refractivity contribution < 1.29 is 14.3 Å². The summed E-state index contributed by atoms with van der Waals surface area (Å²) >= 11 is 13.5. The number of aromatic nitrogens is 2. The van der Waals surface area contributed by atoms with E-state index in [2.05, 4.69) is 15.5 Å². The molecule has 4 aromatic rings. The number of anilines is 2. The Morgan fingerprint density at radius 3 is 2.40 bits per heavy atom. The van der Waals surface area contributed by atoms with Gasteiger partial charge in [-0.05, 0) is 48.4 Å². The minimum Gasteiger partial charge on any atom is -0.378 e. The Hall–Kier alpha value is -3.59. The number of carbonyl (C=O) groups excluding carboxylic acids is 2. The molecule has 0 radical (unpaired) electrons. The van der Waals surface area contributed by atoms with Gasteiger partial charge in [0.1, 0.15) is 5.82 Å². The molecule has 43 heavy (non-hydrogen) atoms. The summed E-state index contributed by atoms with van der Waals surface area (Å²) in [5.74, 6) is 0.489. The number of nitrogens with zero attached hydrogens (tertiary/aromatic N) is 3. The van der Waals surface area contributed by atoms with Gasteiger partial charge in [0.2, 0.25) is 5.91 Å². The van der Waals surface area contributed by atoms with Gasteiger partial charge in [0.05, 0.1) is 40.5 Å². The molecule has 5 rings (SSSR count). The van der Waals surface area contributed by atoms with E-state index < -0.39 is 5.41 Å². The zero-order valence-electron chi connectivity index (χ0n) is 25.2. The summed E-state index contributed by atoms with van der Waals surface area (Å²) in [5.41, 5.74) is 5.83. The molecule has 1 aromatic heterocycles. The number of nitrogens with one attached hydrogen (secondary N) is 2. The van der Waals surface area contributed by atoms with Gasteiger partial charge in [-0.3, -0.25) is 9.59 Å².